The highest BCUT2D eigenvalue weighted by Gasteiger charge is 2.22. The molecule has 1 N–H and O–H groups in total. The molecule has 0 saturated carbocycles. The minimum atomic E-state index is -0.0612. The van der Waals surface area contributed by atoms with Crippen LogP contribution < -0.4 is 14.8 Å². The van der Waals surface area contributed by atoms with Crippen LogP contribution in [0.1, 0.15) is 36.9 Å². The maximum atomic E-state index is 12.5. The number of piperidine rings is 1. The second-order valence-corrected chi connectivity index (χ2v) is 8.10. The number of benzene rings is 2. The molecule has 1 atom stereocenters. The van der Waals surface area contributed by atoms with Crippen molar-refractivity contribution in [3.63, 3.8) is 0 Å². The number of fused-ring (bicyclic) bond motifs is 1. The van der Waals surface area contributed by atoms with Crippen molar-refractivity contribution in [3.8, 4) is 11.5 Å². The summed E-state index contributed by atoms with van der Waals surface area (Å²) in [5, 5.41) is 3.12. The molecule has 1 fully saturated rings. The van der Waals surface area contributed by atoms with Crippen LogP contribution in [-0.2, 0) is 11.2 Å². The fourth-order valence-electron chi connectivity index (χ4n) is 4.20. The standard InChI is InChI=1S/C24H30N2O3/c1-18(21-7-8-22-23(16-21)29-14-13-28-22)25-24(27)17-26-11-9-20(10-12-26)15-19-5-3-2-4-6-19/h2-8,16,18,20H,9-15,17H2,1H3,(H,25,27)/t18-/m0/s1. The van der Waals surface area contributed by atoms with Crippen LogP contribution in [0.2, 0.25) is 0 Å². The largest absolute Gasteiger partial charge is 0.486 e. The van der Waals surface area contributed by atoms with Crippen LogP contribution in [0.15, 0.2) is 48.5 Å². The predicted octanol–water partition coefficient (Wildman–Crippen LogP) is 3.59. The molecule has 2 aliphatic heterocycles. The van der Waals surface area contributed by atoms with E-state index in [4.69, 9.17) is 9.47 Å². The van der Waals surface area contributed by atoms with E-state index in [2.05, 4.69) is 40.5 Å². The molecule has 0 bridgehead atoms. The first kappa shape index (κ1) is 19.8. The predicted molar refractivity (Wildman–Crippen MR) is 113 cm³/mol. The minimum absolute atomic E-state index is 0.0612. The second-order valence-electron chi connectivity index (χ2n) is 8.10. The van der Waals surface area contributed by atoms with Crippen molar-refractivity contribution in [2.75, 3.05) is 32.8 Å². The summed E-state index contributed by atoms with van der Waals surface area (Å²) >= 11 is 0. The van der Waals surface area contributed by atoms with Crippen LogP contribution in [0.3, 0.4) is 0 Å². The topological polar surface area (TPSA) is 50.8 Å². The molecule has 2 aliphatic rings. The van der Waals surface area contributed by atoms with E-state index in [0.717, 1.165) is 49.4 Å². The Labute approximate surface area is 173 Å². The molecule has 1 amide bonds. The number of carbonyl (C=O) groups is 1. The lowest BCUT2D eigenvalue weighted by Crippen LogP contribution is -2.42. The average molecular weight is 395 g/mol. The molecule has 0 unspecified atom stereocenters. The first-order chi connectivity index (χ1) is 14.2. The second kappa shape index (κ2) is 9.31. The minimum Gasteiger partial charge on any atom is -0.486 e. The number of amides is 1. The Hall–Kier alpha value is -2.53. The SMILES string of the molecule is C[C@H](NC(=O)CN1CCC(Cc2ccccc2)CC1)c1ccc2c(c1)OCCO2. The Bertz CT molecular complexity index is 816. The molecule has 4 rings (SSSR count). The number of hydrogen-bond donors (Lipinski definition) is 1. The first-order valence-electron chi connectivity index (χ1n) is 10.6. The molecule has 0 spiro atoms. The zero-order valence-corrected chi connectivity index (χ0v) is 17.1. The summed E-state index contributed by atoms with van der Waals surface area (Å²) in [5.74, 6) is 2.33. The van der Waals surface area contributed by atoms with Gasteiger partial charge in [0.05, 0.1) is 12.6 Å². The van der Waals surface area contributed by atoms with Crippen molar-refractivity contribution in [1.29, 1.82) is 0 Å². The van der Waals surface area contributed by atoms with Gasteiger partial charge in [0.1, 0.15) is 13.2 Å². The van der Waals surface area contributed by atoms with Gasteiger partial charge in [0, 0.05) is 0 Å². The van der Waals surface area contributed by atoms with E-state index in [1.165, 1.54) is 5.56 Å². The number of rotatable bonds is 6. The van der Waals surface area contributed by atoms with E-state index in [1.807, 2.05) is 25.1 Å². The normalized spacial score (nSPS) is 18.2. The smallest absolute Gasteiger partial charge is 0.234 e. The number of nitrogens with one attached hydrogen (secondary N) is 1. The lowest BCUT2D eigenvalue weighted by molar-refractivity contribution is -0.123. The van der Waals surface area contributed by atoms with Gasteiger partial charge < -0.3 is 14.8 Å². The third-order valence-electron chi connectivity index (χ3n) is 5.89. The molecule has 5 nitrogen and oxygen atoms in total. The van der Waals surface area contributed by atoms with Crippen LogP contribution in [-0.4, -0.2) is 43.7 Å². The van der Waals surface area contributed by atoms with Gasteiger partial charge in [-0.15, -0.1) is 0 Å². The van der Waals surface area contributed by atoms with Crippen molar-refractivity contribution in [2.45, 2.75) is 32.2 Å². The number of likely N-dealkylation sites (tertiary alicyclic amines) is 1. The fourth-order valence-corrected chi connectivity index (χ4v) is 4.20. The molecule has 1 saturated heterocycles. The van der Waals surface area contributed by atoms with Gasteiger partial charge >= 0.3 is 0 Å². The van der Waals surface area contributed by atoms with Crippen LogP contribution in [0, 0.1) is 5.92 Å². The molecular formula is C24H30N2O3. The van der Waals surface area contributed by atoms with Gasteiger partial charge in [-0.2, -0.15) is 0 Å². The molecule has 5 heteroatoms. The summed E-state index contributed by atoms with van der Waals surface area (Å²) in [6.07, 6.45) is 3.45. The number of hydrogen-bond acceptors (Lipinski definition) is 4. The summed E-state index contributed by atoms with van der Waals surface area (Å²) in [5.41, 5.74) is 2.45. The van der Waals surface area contributed by atoms with E-state index in [9.17, 15) is 4.79 Å². The van der Waals surface area contributed by atoms with Gasteiger partial charge in [-0.05, 0) is 68.5 Å². The Morgan fingerprint density at radius 1 is 1.07 bits per heavy atom. The monoisotopic (exact) mass is 394 g/mol. The Morgan fingerprint density at radius 2 is 1.79 bits per heavy atom. The molecule has 0 radical (unpaired) electrons. The summed E-state index contributed by atoms with van der Waals surface area (Å²) in [4.78, 5) is 14.8. The van der Waals surface area contributed by atoms with E-state index in [1.54, 1.807) is 0 Å². The Kier molecular flexibility index (Phi) is 6.35. The molecule has 154 valence electrons. The van der Waals surface area contributed by atoms with Gasteiger partial charge in [-0.25, -0.2) is 0 Å². The third kappa shape index (κ3) is 5.30. The van der Waals surface area contributed by atoms with Gasteiger partial charge in [0.15, 0.2) is 11.5 Å². The van der Waals surface area contributed by atoms with Gasteiger partial charge in [0.2, 0.25) is 5.91 Å². The number of ether oxygens (including phenoxy) is 2. The Morgan fingerprint density at radius 3 is 2.55 bits per heavy atom. The maximum absolute atomic E-state index is 12.5. The van der Waals surface area contributed by atoms with Crippen molar-refractivity contribution >= 4 is 5.91 Å². The van der Waals surface area contributed by atoms with Crippen molar-refractivity contribution < 1.29 is 14.3 Å². The summed E-state index contributed by atoms with van der Waals surface area (Å²) in [6.45, 7) is 5.60. The van der Waals surface area contributed by atoms with Crippen LogP contribution in [0.5, 0.6) is 11.5 Å². The van der Waals surface area contributed by atoms with E-state index >= 15 is 0 Å². The average Bonchev–Trinajstić information content (AvgIpc) is 2.75. The molecule has 0 aliphatic carbocycles. The highest BCUT2D eigenvalue weighted by Crippen LogP contribution is 2.32. The quantitative estimate of drug-likeness (QED) is 0.814. The van der Waals surface area contributed by atoms with E-state index < -0.39 is 0 Å². The van der Waals surface area contributed by atoms with Crippen molar-refractivity contribution in [2.24, 2.45) is 5.92 Å². The Balaban J connectivity index is 1.23. The van der Waals surface area contributed by atoms with E-state index in [-0.39, 0.29) is 11.9 Å². The third-order valence-corrected chi connectivity index (χ3v) is 5.89. The number of carbonyl (C=O) groups excluding carboxylic acids is 1. The molecule has 2 aromatic carbocycles. The van der Waals surface area contributed by atoms with Gasteiger partial charge in [-0.1, -0.05) is 36.4 Å². The molecule has 29 heavy (non-hydrogen) atoms. The molecular weight excluding hydrogens is 364 g/mol. The first-order valence-corrected chi connectivity index (χ1v) is 10.6. The maximum Gasteiger partial charge on any atom is 0.234 e. The fraction of sp³-hybridized carbons (Fsp3) is 0.458. The summed E-state index contributed by atoms with van der Waals surface area (Å²) in [7, 11) is 0. The lowest BCUT2D eigenvalue weighted by atomic mass is 9.90. The molecule has 2 aromatic rings. The van der Waals surface area contributed by atoms with Crippen LogP contribution >= 0.6 is 0 Å². The van der Waals surface area contributed by atoms with E-state index in [0.29, 0.717) is 25.7 Å². The van der Waals surface area contributed by atoms with Crippen LogP contribution in [0.4, 0.5) is 0 Å². The highest BCUT2D eigenvalue weighted by atomic mass is 16.6. The summed E-state index contributed by atoms with van der Waals surface area (Å²) in [6, 6.07) is 16.5. The van der Waals surface area contributed by atoms with Crippen molar-refractivity contribution in [1.82, 2.24) is 10.2 Å². The number of nitrogens with zero attached hydrogens (tertiary/aromatic N) is 1. The lowest BCUT2D eigenvalue weighted by Gasteiger charge is -2.32. The molecule has 0 aromatic heterocycles. The van der Waals surface area contributed by atoms with Gasteiger partial charge in [0.25, 0.3) is 0 Å². The van der Waals surface area contributed by atoms with Gasteiger partial charge in [-0.3, -0.25) is 9.69 Å². The van der Waals surface area contributed by atoms with Crippen LogP contribution in [0.25, 0.3) is 0 Å². The zero-order valence-electron chi connectivity index (χ0n) is 17.1. The highest BCUT2D eigenvalue weighted by molar-refractivity contribution is 5.78. The molecule has 2 heterocycles. The summed E-state index contributed by atoms with van der Waals surface area (Å²) < 4.78 is 11.2. The zero-order chi connectivity index (χ0) is 20.1. The van der Waals surface area contributed by atoms with Crippen molar-refractivity contribution in [3.05, 3.63) is 59.7 Å².